The fourth-order valence-electron chi connectivity index (χ4n) is 9.40. The van der Waals surface area contributed by atoms with E-state index < -0.39 is 0 Å². The Morgan fingerprint density at radius 3 is 1.65 bits per heavy atom. The van der Waals surface area contributed by atoms with E-state index in [1.54, 1.807) is 0 Å². The van der Waals surface area contributed by atoms with Crippen molar-refractivity contribution in [3.05, 3.63) is 173 Å². The van der Waals surface area contributed by atoms with Crippen molar-refractivity contribution in [3.63, 3.8) is 0 Å². The van der Waals surface area contributed by atoms with Crippen molar-refractivity contribution in [1.29, 1.82) is 0 Å². The largest absolute Gasteiger partial charge is 0.458 e. The van der Waals surface area contributed by atoms with Gasteiger partial charge in [0.1, 0.15) is 23.1 Å². The Morgan fingerprint density at radius 2 is 1.06 bits per heavy atom. The third-order valence-corrected chi connectivity index (χ3v) is 13.9. The summed E-state index contributed by atoms with van der Waals surface area (Å²) in [7, 11) is 0. The van der Waals surface area contributed by atoms with Crippen LogP contribution in [-0.4, -0.2) is 24.2 Å². The summed E-state index contributed by atoms with van der Waals surface area (Å²) in [5, 5.41) is 7.80. The van der Waals surface area contributed by atoms with Crippen LogP contribution in [0.2, 0.25) is 0 Å². The summed E-state index contributed by atoms with van der Waals surface area (Å²) in [5.41, 5.74) is 13.9. The minimum absolute atomic E-state index is 0.0428. The molecule has 5 aromatic carbocycles. The van der Waals surface area contributed by atoms with Crippen molar-refractivity contribution in [2.45, 2.75) is 145 Å². The molecule has 0 radical (unpaired) electrons. The van der Waals surface area contributed by atoms with E-state index >= 15 is 0 Å². The smallest absolute Gasteiger partial charge is 0.275 e. The molecule has 4 aromatic heterocycles. The van der Waals surface area contributed by atoms with Gasteiger partial charge in [0.15, 0.2) is 5.82 Å². The van der Waals surface area contributed by atoms with Crippen LogP contribution < -0.4 is 9.42 Å². The molecule has 71 heavy (non-hydrogen) atoms. The molecule has 0 spiro atoms. The van der Waals surface area contributed by atoms with Crippen LogP contribution in [0.3, 0.4) is 0 Å². The number of rotatable bonds is 7. The van der Waals surface area contributed by atoms with E-state index in [1.165, 1.54) is 27.8 Å². The predicted molar refractivity (Wildman–Crippen MR) is 294 cm³/mol. The highest BCUT2D eigenvalue weighted by Crippen LogP contribution is 2.40. The van der Waals surface area contributed by atoms with Gasteiger partial charge in [-0.05, 0) is 110 Å². The van der Waals surface area contributed by atoms with Crippen LogP contribution in [0.15, 0.2) is 128 Å². The molecule has 9 rings (SSSR count). The van der Waals surface area contributed by atoms with Gasteiger partial charge in [0.05, 0.1) is 22.4 Å². The van der Waals surface area contributed by atoms with Crippen LogP contribution in [0.25, 0.3) is 61.8 Å². The molecule has 4 heterocycles. The number of para-hydroxylation sites is 1. The fourth-order valence-corrected chi connectivity index (χ4v) is 9.40. The van der Waals surface area contributed by atoms with Crippen molar-refractivity contribution >= 4 is 21.8 Å². The maximum absolute atomic E-state index is 7.10. The third kappa shape index (κ3) is 9.81. The van der Waals surface area contributed by atoms with Crippen LogP contribution in [0.4, 0.5) is 0 Å². The molecule has 0 atom stereocenters. The summed E-state index contributed by atoms with van der Waals surface area (Å²) in [5.74, 6) is 3.58. The van der Waals surface area contributed by atoms with Crippen molar-refractivity contribution in [2.24, 2.45) is 0 Å². The zero-order valence-electron chi connectivity index (χ0n) is 45.2. The van der Waals surface area contributed by atoms with Gasteiger partial charge in [-0.25, -0.2) is 4.98 Å². The minimum Gasteiger partial charge on any atom is -0.458 e. The van der Waals surface area contributed by atoms with Crippen molar-refractivity contribution in [1.82, 2.24) is 24.2 Å². The summed E-state index contributed by atoms with van der Waals surface area (Å²) in [6.45, 7) is 38.3. The molecule has 0 saturated heterocycles. The molecule has 7 nitrogen and oxygen atoms in total. The average molecular weight is 941 g/mol. The van der Waals surface area contributed by atoms with Crippen molar-refractivity contribution < 1.29 is 9.42 Å². The monoisotopic (exact) mass is 941 g/mol. The molecular weight excluding hydrogens is 869 g/mol. The summed E-state index contributed by atoms with van der Waals surface area (Å²) < 4.78 is 13.3. The van der Waals surface area contributed by atoms with Gasteiger partial charge in [-0.1, -0.05) is 177 Å². The molecule has 0 N–H and O–H groups in total. The Bertz CT molecular complexity index is 3410. The van der Waals surface area contributed by atoms with Gasteiger partial charge in [0.2, 0.25) is 0 Å². The summed E-state index contributed by atoms with van der Waals surface area (Å²) >= 11 is 0. The van der Waals surface area contributed by atoms with Gasteiger partial charge in [-0.3, -0.25) is 14.1 Å². The van der Waals surface area contributed by atoms with Gasteiger partial charge in [-0.15, -0.1) is 5.10 Å². The van der Waals surface area contributed by atoms with E-state index in [0.29, 0.717) is 17.3 Å². The molecular formula is C64H72N6O. The summed E-state index contributed by atoms with van der Waals surface area (Å²) in [4.78, 5) is 10.5. The van der Waals surface area contributed by atoms with Crippen LogP contribution >= 0.6 is 0 Å². The van der Waals surface area contributed by atoms with E-state index in [0.717, 1.165) is 67.1 Å². The minimum atomic E-state index is -0.116. The Hall–Kier alpha value is -6.86. The van der Waals surface area contributed by atoms with Crippen LogP contribution in [-0.2, 0) is 27.1 Å². The molecule has 364 valence electrons. The molecule has 0 saturated carbocycles. The molecule has 0 unspecified atom stereocenters. The predicted octanol–water partition coefficient (Wildman–Crippen LogP) is 16.1. The molecule has 0 aliphatic carbocycles. The number of aromatic nitrogens is 6. The second-order valence-electron chi connectivity index (χ2n) is 24.8. The average Bonchev–Trinajstić information content (AvgIpc) is 3.88. The highest BCUT2D eigenvalue weighted by atomic mass is 16.5. The lowest BCUT2D eigenvalue weighted by Gasteiger charge is -2.26. The molecule has 0 aliphatic heterocycles. The van der Waals surface area contributed by atoms with Crippen molar-refractivity contribution in [3.8, 4) is 51.5 Å². The normalized spacial score (nSPS) is 12.9. The molecule has 0 aliphatic rings. The Morgan fingerprint density at radius 1 is 0.493 bits per heavy atom. The maximum atomic E-state index is 7.10. The number of hydrogen-bond acceptors (Lipinski definition) is 4. The Balaban J connectivity index is 1.30. The zero-order valence-corrected chi connectivity index (χ0v) is 45.2. The molecule has 0 fully saturated rings. The SMILES string of the molecule is Cc1cccc(C)c1-c1cc(Oc2ccc3c4ccccc4n(-c4cc(C(C)(C)C)ccn4)c3c2)cc(-n2[c-][n+](-c3cc(C(C)(C)C)cc(C(C)(C)C)c3)nc2-c2cc(C(C)(C)C)cc(C(C)(C)C)c2)n1. The lowest BCUT2D eigenvalue weighted by atomic mass is 9.79. The second kappa shape index (κ2) is 17.5. The van der Waals surface area contributed by atoms with Gasteiger partial charge in [0.25, 0.3) is 6.33 Å². The topological polar surface area (TPSA) is 61.6 Å². The van der Waals surface area contributed by atoms with Gasteiger partial charge in [0, 0.05) is 46.3 Å². The highest BCUT2D eigenvalue weighted by Gasteiger charge is 2.27. The lowest BCUT2D eigenvalue weighted by molar-refractivity contribution is -0.660. The van der Waals surface area contributed by atoms with Crippen LogP contribution in [0.1, 0.15) is 143 Å². The molecule has 9 aromatic rings. The number of hydrogen-bond donors (Lipinski definition) is 0. The number of ether oxygens (including phenoxy) is 1. The zero-order chi connectivity index (χ0) is 51.2. The first-order valence-electron chi connectivity index (χ1n) is 25.2. The number of pyridine rings is 2. The standard InChI is InChI=1S/C64H72N6O/c1-40-21-20-22-41(2)58(40)53-36-50(71-49-25-26-52-51-23-18-19-24-54(51)70(55(52)37-49)56-35-43(27-28-65-56)60(3,4)5)38-57(66-53)68-39-69(48-33-46(63(12,13)14)32-47(34-48)64(15,16)17)67-59(68)42-29-44(61(6,7)8)31-45(30-42)62(9,10)11/h18-38H,1-17H3. The Kier molecular flexibility index (Phi) is 12.1. The van der Waals surface area contributed by atoms with E-state index in [-0.39, 0.29) is 27.1 Å². The molecule has 7 heteroatoms. The molecule has 0 amide bonds. The fraction of sp³-hybridized carbons (Fsp3) is 0.344. The van der Waals surface area contributed by atoms with E-state index in [9.17, 15) is 0 Å². The number of fused-ring (bicyclic) bond motifs is 3. The Labute approximate surface area is 422 Å². The summed E-state index contributed by atoms with van der Waals surface area (Å²) in [6.07, 6.45) is 5.68. The van der Waals surface area contributed by atoms with Crippen LogP contribution in [0.5, 0.6) is 11.5 Å². The first kappa shape index (κ1) is 49.1. The first-order chi connectivity index (χ1) is 33.1. The van der Waals surface area contributed by atoms with Crippen LogP contribution in [0, 0.1) is 20.2 Å². The van der Waals surface area contributed by atoms with Crippen molar-refractivity contribution in [2.75, 3.05) is 0 Å². The number of aryl methyl sites for hydroxylation is 2. The van der Waals surface area contributed by atoms with E-state index in [1.807, 2.05) is 21.5 Å². The number of nitrogens with zero attached hydrogens (tertiary/aromatic N) is 6. The highest BCUT2D eigenvalue weighted by molar-refractivity contribution is 6.09. The lowest BCUT2D eigenvalue weighted by Crippen LogP contribution is -2.34. The van der Waals surface area contributed by atoms with Gasteiger partial charge < -0.3 is 4.74 Å². The van der Waals surface area contributed by atoms with Gasteiger partial charge in [-0.2, -0.15) is 4.68 Å². The summed E-state index contributed by atoms with van der Waals surface area (Å²) in [6, 6.07) is 43.6. The molecule has 0 bridgehead atoms. The third-order valence-electron chi connectivity index (χ3n) is 13.9. The maximum Gasteiger partial charge on any atom is 0.275 e. The van der Waals surface area contributed by atoms with E-state index in [2.05, 4.69) is 244 Å². The quantitative estimate of drug-likeness (QED) is 0.118. The van der Waals surface area contributed by atoms with E-state index in [4.69, 9.17) is 19.8 Å². The van der Waals surface area contributed by atoms with Gasteiger partial charge >= 0.3 is 0 Å². The number of benzene rings is 5. The second-order valence-corrected chi connectivity index (χ2v) is 24.8. The first-order valence-corrected chi connectivity index (χ1v) is 25.2.